The van der Waals surface area contributed by atoms with Crippen LogP contribution in [0.1, 0.15) is 17.3 Å². The highest BCUT2D eigenvalue weighted by molar-refractivity contribution is 6.07. The number of piperazine rings is 1. The highest BCUT2D eigenvalue weighted by atomic mass is 35.5. The molecule has 2 aromatic carbocycles. The summed E-state index contributed by atoms with van der Waals surface area (Å²) < 4.78 is 11.3. The van der Waals surface area contributed by atoms with Gasteiger partial charge in [-0.15, -0.1) is 24.8 Å². The Bertz CT molecular complexity index is 1090. The van der Waals surface area contributed by atoms with Gasteiger partial charge in [0, 0.05) is 36.6 Å². The van der Waals surface area contributed by atoms with E-state index >= 15 is 0 Å². The van der Waals surface area contributed by atoms with E-state index in [0.717, 1.165) is 34.5 Å². The molecule has 3 heterocycles. The third-order valence-corrected chi connectivity index (χ3v) is 5.44. The van der Waals surface area contributed by atoms with Crippen LogP contribution in [0.5, 0.6) is 11.5 Å². The number of carbonyl (C=O) groups excluding carboxylic acids is 1. The molecule has 0 saturated carbocycles. The molecule has 1 fully saturated rings. The number of rotatable bonds is 2. The third kappa shape index (κ3) is 4.56. The molecule has 6 nitrogen and oxygen atoms in total. The Labute approximate surface area is 193 Å². The summed E-state index contributed by atoms with van der Waals surface area (Å²) in [6.07, 6.45) is 0. The lowest BCUT2D eigenvalue weighted by Crippen LogP contribution is -2.51. The van der Waals surface area contributed by atoms with Gasteiger partial charge in [0.25, 0.3) is 5.91 Å². The van der Waals surface area contributed by atoms with Gasteiger partial charge in [0.2, 0.25) is 0 Å². The van der Waals surface area contributed by atoms with Crippen molar-refractivity contribution in [1.82, 2.24) is 15.2 Å². The van der Waals surface area contributed by atoms with Crippen LogP contribution in [-0.2, 0) is 0 Å². The summed E-state index contributed by atoms with van der Waals surface area (Å²) in [5.74, 6) is 1.51. The van der Waals surface area contributed by atoms with Crippen LogP contribution >= 0.6 is 24.8 Å². The maximum Gasteiger partial charge on any atom is 0.254 e. The van der Waals surface area contributed by atoms with Crippen LogP contribution in [0.4, 0.5) is 0 Å². The summed E-state index contributed by atoms with van der Waals surface area (Å²) in [4.78, 5) is 20.1. The Morgan fingerprint density at radius 2 is 1.84 bits per heavy atom. The number of hydrogen-bond acceptors (Lipinski definition) is 5. The number of nitrogens with zero attached hydrogens (tertiary/aromatic N) is 2. The lowest BCUT2D eigenvalue weighted by molar-refractivity contribution is 0.0711. The first-order valence-corrected chi connectivity index (χ1v) is 10.0. The van der Waals surface area contributed by atoms with Crippen molar-refractivity contribution in [3.63, 3.8) is 0 Å². The third-order valence-electron chi connectivity index (χ3n) is 5.44. The second-order valence-electron chi connectivity index (χ2n) is 7.54. The van der Waals surface area contributed by atoms with Gasteiger partial charge in [-0.1, -0.05) is 18.2 Å². The van der Waals surface area contributed by atoms with Gasteiger partial charge >= 0.3 is 0 Å². The minimum absolute atomic E-state index is 0. The number of pyridine rings is 1. The second-order valence-corrected chi connectivity index (χ2v) is 7.54. The molecule has 31 heavy (non-hydrogen) atoms. The van der Waals surface area contributed by atoms with Crippen LogP contribution in [0.25, 0.3) is 22.2 Å². The Hall–Kier alpha value is -2.54. The maximum atomic E-state index is 13.4. The van der Waals surface area contributed by atoms with Gasteiger partial charge in [-0.2, -0.15) is 0 Å². The van der Waals surface area contributed by atoms with Crippen LogP contribution < -0.4 is 14.8 Å². The van der Waals surface area contributed by atoms with E-state index in [1.807, 2.05) is 53.4 Å². The van der Waals surface area contributed by atoms with Crippen molar-refractivity contribution in [2.75, 3.05) is 32.8 Å². The Kier molecular flexibility index (Phi) is 7.26. The molecule has 8 heteroatoms. The summed E-state index contributed by atoms with van der Waals surface area (Å²) in [5, 5.41) is 4.27. The average Bonchev–Trinajstić information content (AvgIpc) is 2.77. The summed E-state index contributed by atoms with van der Waals surface area (Å²) in [7, 11) is 0. The molecule has 1 amide bonds. The predicted molar refractivity (Wildman–Crippen MR) is 126 cm³/mol. The number of aromatic nitrogens is 1. The molecule has 1 unspecified atom stereocenters. The lowest BCUT2D eigenvalue weighted by Gasteiger charge is -2.32. The molecule has 3 aromatic rings. The van der Waals surface area contributed by atoms with Gasteiger partial charge < -0.3 is 19.7 Å². The zero-order chi connectivity index (χ0) is 19.8. The number of para-hydroxylation sites is 1. The Morgan fingerprint density at radius 1 is 1.06 bits per heavy atom. The number of carbonyl (C=O) groups is 1. The second kappa shape index (κ2) is 9.73. The first kappa shape index (κ1) is 23.1. The van der Waals surface area contributed by atoms with Crippen LogP contribution in [-0.4, -0.2) is 54.7 Å². The standard InChI is InChI=1S/C23H23N3O3.2ClH/c1-15-14-26(9-8-24-15)23(27)18-13-20(25-19-5-3-2-4-17(18)19)16-6-7-21-22(12-16)29-11-10-28-21;;/h2-7,12-13,15,24H,8-11,14H2,1H3;2*1H. The van der Waals surface area contributed by atoms with E-state index in [1.54, 1.807) is 0 Å². The minimum atomic E-state index is 0. The van der Waals surface area contributed by atoms with Gasteiger partial charge in [-0.3, -0.25) is 4.79 Å². The number of amides is 1. The molecule has 0 bridgehead atoms. The molecule has 1 saturated heterocycles. The molecule has 164 valence electrons. The predicted octanol–water partition coefficient (Wildman–Crippen LogP) is 3.95. The summed E-state index contributed by atoms with van der Waals surface area (Å²) in [5.41, 5.74) is 3.16. The summed E-state index contributed by atoms with van der Waals surface area (Å²) >= 11 is 0. The highest BCUT2D eigenvalue weighted by Crippen LogP contribution is 2.35. The fraction of sp³-hybridized carbons (Fsp3) is 0.304. The van der Waals surface area contributed by atoms with Crippen molar-refractivity contribution in [3.8, 4) is 22.8 Å². The van der Waals surface area contributed by atoms with Crippen molar-refractivity contribution < 1.29 is 14.3 Å². The monoisotopic (exact) mass is 461 g/mol. The molecule has 2 aliphatic heterocycles. The largest absolute Gasteiger partial charge is 0.486 e. The lowest BCUT2D eigenvalue weighted by atomic mass is 10.0. The first-order chi connectivity index (χ1) is 14.2. The normalized spacial score (nSPS) is 17.5. The van der Waals surface area contributed by atoms with Crippen molar-refractivity contribution in [2.45, 2.75) is 13.0 Å². The number of hydrogen-bond donors (Lipinski definition) is 1. The van der Waals surface area contributed by atoms with Gasteiger partial charge in [0.05, 0.1) is 16.8 Å². The van der Waals surface area contributed by atoms with Gasteiger partial charge in [0.1, 0.15) is 13.2 Å². The number of nitrogens with one attached hydrogen (secondary N) is 1. The van der Waals surface area contributed by atoms with Gasteiger partial charge in [-0.25, -0.2) is 4.98 Å². The van der Waals surface area contributed by atoms with Crippen LogP contribution in [0.15, 0.2) is 48.5 Å². The number of fused-ring (bicyclic) bond motifs is 2. The molecule has 2 aliphatic rings. The van der Waals surface area contributed by atoms with E-state index in [1.165, 1.54) is 0 Å². The molecular formula is C23H25Cl2N3O3. The molecule has 0 spiro atoms. The van der Waals surface area contributed by atoms with Crippen molar-refractivity contribution in [2.24, 2.45) is 0 Å². The first-order valence-electron chi connectivity index (χ1n) is 10.0. The highest BCUT2D eigenvalue weighted by Gasteiger charge is 2.24. The molecule has 1 N–H and O–H groups in total. The number of ether oxygens (including phenoxy) is 2. The summed E-state index contributed by atoms with van der Waals surface area (Å²) in [6.45, 7) is 5.42. The average molecular weight is 462 g/mol. The molecule has 1 atom stereocenters. The fourth-order valence-corrected chi connectivity index (χ4v) is 3.99. The van der Waals surface area contributed by atoms with Crippen LogP contribution in [0, 0.1) is 0 Å². The quantitative estimate of drug-likeness (QED) is 0.625. The van der Waals surface area contributed by atoms with Gasteiger partial charge in [0.15, 0.2) is 11.5 Å². The Balaban J connectivity index is 0.00000136. The van der Waals surface area contributed by atoms with E-state index in [0.29, 0.717) is 37.6 Å². The fourth-order valence-electron chi connectivity index (χ4n) is 3.99. The van der Waals surface area contributed by atoms with Crippen molar-refractivity contribution in [1.29, 1.82) is 0 Å². The van der Waals surface area contributed by atoms with Crippen molar-refractivity contribution in [3.05, 3.63) is 54.1 Å². The van der Waals surface area contributed by atoms with E-state index in [-0.39, 0.29) is 36.8 Å². The van der Waals surface area contributed by atoms with Crippen molar-refractivity contribution >= 4 is 41.6 Å². The van der Waals surface area contributed by atoms with Gasteiger partial charge in [-0.05, 0) is 37.3 Å². The maximum absolute atomic E-state index is 13.4. The van der Waals surface area contributed by atoms with E-state index in [9.17, 15) is 4.79 Å². The molecule has 1 aromatic heterocycles. The minimum Gasteiger partial charge on any atom is -0.486 e. The van der Waals surface area contributed by atoms with E-state index in [2.05, 4.69) is 12.2 Å². The van der Waals surface area contributed by atoms with Crippen LogP contribution in [0.3, 0.4) is 0 Å². The molecule has 0 radical (unpaired) electrons. The van der Waals surface area contributed by atoms with Crippen LogP contribution in [0.2, 0.25) is 0 Å². The summed E-state index contributed by atoms with van der Waals surface area (Å²) in [6, 6.07) is 15.8. The SMILES string of the molecule is CC1CN(C(=O)c2cc(-c3ccc4c(c3)OCCO4)nc3ccccc23)CCN1.Cl.Cl. The van der Waals surface area contributed by atoms with E-state index in [4.69, 9.17) is 14.5 Å². The van der Waals surface area contributed by atoms with E-state index < -0.39 is 0 Å². The smallest absolute Gasteiger partial charge is 0.254 e. The Morgan fingerprint density at radius 3 is 2.65 bits per heavy atom. The zero-order valence-corrected chi connectivity index (χ0v) is 18.8. The molecule has 0 aliphatic carbocycles. The number of halogens is 2. The number of benzene rings is 2. The zero-order valence-electron chi connectivity index (χ0n) is 17.2. The molecular weight excluding hydrogens is 437 g/mol. The molecule has 5 rings (SSSR count). The topological polar surface area (TPSA) is 63.7 Å².